The maximum Gasteiger partial charge on any atom is 0.306 e. The van der Waals surface area contributed by atoms with Crippen LogP contribution in [0.15, 0.2) is 0 Å². The van der Waals surface area contributed by atoms with Gasteiger partial charge in [-0.25, -0.2) is 0 Å². The smallest absolute Gasteiger partial charge is 0.306 e. The van der Waals surface area contributed by atoms with Gasteiger partial charge >= 0.3 is 5.97 Å². The van der Waals surface area contributed by atoms with Crippen LogP contribution in [0.3, 0.4) is 0 Å². The Bertz CT molecular complexity index is 265. The summed E-state index contributed by atoms with van der Waals surface area (Å²) in [5.74, 6) is -0.162. The average molecular weight is 316 g/mol. The molecule has 0 saturated carbocycles. The second-order valence-corrected chi connectivity index (χ2v) is 5.72. The van der Waals surface area contributed by atoms with E-state index in [1.54, 1.807) is 0 Å². The Labute approximate surface area is 136 Å². The maximum atomic E-state index is 11.0. The van der Waals surface area contributed by atoms with Crippen molar-refractivity contribution in [1.82, 2.24) is 15.1 Å². The number of likely N-dealkylation sites (N-methyl/N-ethyl adjacent to an activating group) is 1. The molecule has 3 N–H and O–H groups in total. The number of esters is 1. The predicted octanol–water partition coefficient (Wildman–Crippen LogP) is 0.522. The van der Waals surface area contributed by atoms with E-state index >= 15 is 0 Å². The van der Waals surface area contributed by atoms with Crippen molar-refractivity contribution in [3.8, 4) is 0 Å². The first-order valence-corrected chi connectivity index (χ1v) is 8.52. The van der Waals surface area contributed by atoms with E-state index < -0.39 is 0 Å². The standard InChI is InChI=1S/C16H36N4O2/c1-4-5-6-11-20(12-8-17)15-14-19(2)13-10-18-9-7-16(21)22-3/h18H,4-15,17H2,1-3H3. The second-order valence-electron chi connectivity index (χ2n) is 5.72. The van der Waals surface area contributed by atoms with Gasteiger partial charge in [0, 0.05) is 45.8 Å². The topological polar surface area (TPSA) is 70.8 Å². The fraction of sp³-hybridized carbons (Fsp3) is 0.938. The quantitative estimate of drug-likeness (QED) is 0.339. The average Bonchev–Trinajstić information content (AvgIpc) is 2.52. The first-order chi connectivity index (χ1) is 10.6. The minimum Gasteiger partial charge on any atom is -0.469 e. The van der Waals surface area contributed by atoms with Crippen LogP contribution >= 0.6 is 0 Å². The number of rotatable bonds is 15. The van der Waals surface area contributed by atoms with Crippen molar-refractivity contribution in [1.29, 1.82) is 0 Å². The summed E-state index contributed by atoms with van der Waals surface area (Å²) >= 11 is 0. The molecule has 0 aliphatic carbocycles. The largest absolute Gasteiger partial charge is 0.469 e. The Balaban J connectivity index is 3.66. The van der Waals surface area contributed by atoms with Crippen molar-refractivity contribution in [2.24, 2.45) is 5.73 Å². The summed E-state index contributed by atoms with van der Waals surface area (Å²) in [6, 6.07) is 0. The van der Waals surface area contributed by atoms with Gasteiger partial charge in [-0.15, -0.1) is 0 Å². The molecule has 0 unspecified atom stereocenters. The third-order valence-electron chi connectivity index (χ3n) is 3.73. The van der Waals surface area contributed by atoms with E-state index in [0.717, 1.165) is 45.8 Å². The van der Waals surface area contributed by atoms with Gasteiger partial charge in [0.15, 0.2) is 0 Å². The van der Waals surface area contributed by atoms with Gasteiger partial charge in [-0.05, 0) is 20.0 Å². The minimum atomic E-state index is -0.162. The summed E-state index contributed by atoms with van der Waals surface area (Å²) in [4.78, 5) is 15.7. The normalized spacial score (nSPS) is 11.4. The van der Waals surface area contributed by atoms with E-state index in [1.165, 1.54) is 26.4 Å². The van der Waals surface area contributed by atoms with Gasteiger partial charge in [-0.3, -0.25) is 4.79 Å². The lowest BCUT2D eigenvalue weighted by Crippen LogP contribution is -2.39. The molecule has 22 heavy (non-hydrogen) atoms. The van der Waals surface area contributed by atoms with Crippen LogP contribution in [0.5, 0.6) is 0 Å². The molecule has 0 aromatic rings. The van der Waals surface area contributed by atoms with Crippen LogP contribution in [0.2, 0.25) is 0 Å². The van der Waals surface area contributed by atoms with E-state index in [0.29, 0.717) is 13.0 Å². The molecule has 0 atom stereocenters. The van der Waals surface area contributed by atoms with Crippen LogP contribution in [-0.4, -0.2) is 82.3 Å². The molecule has 0 aromatic heterocycles. The van der Waals surface area contributed by atoms with Crippen molar-refractivity contribution < 1.29 is 9.53 Å². The number of methoxy groups -OCH3 is 1. The van der Waals surface area contributed by atoms with Gasteiger partial charge in [0.05, 0.1) is 13.5 Å². The van der Waals surface area contributed by atoms with Gasteiger partial charge in [-0.2, -0.15) is 0 Å². The van der Waals surface area contributed by atoms with Gasteiger partial charge in [0.2, 0.25) is 0 Å². The number of nitrogens with zero attached hydrogens (tertiary/aromatic N) is 2. The molecule has 0 spiro atoms. The molecular formula is C16H36N4O2. The summed E-state index contributed by atoms with van der Waals surface area (Å²) in [6.45, 7) is 9.75. The summed E-state index contributed by atoms with van der Waals surface area (Å²) in [7, 11) is 3.55. The van der Waals surface area contributed by atoms with Crippen molar-refractivity contribution in [2.45, 2.75) is 32.6 Å². The fourth-order valence-electron chi connectivity index (χ4n) is 2.21. The Morgan fingerprint density at radius 3 is 2.50 bits per heavy atom. The lowest BCUT2D eigenvalue weighted by Gasteiger charge is -2.25. The van der Waals surface area contributed by atoms with Gasteiger partial charge in [0.25, 0.3) is 0 Å². The van der Waals surface area contributed by atoms with Crippen molar-refractivity contribution in [2.75, 3.05) is 66.5 Å². The van der Waals surface area contributed by atoms with Crippen LogP contribution in [0, 0.1) is 0 Å². The van der Waals surface area contributed by atoms with Crippen molar-refractivity contribution in [3.63, 3.8) is 0 Å². The zero-order valence-corrected chi connectivity index (χ0v) is 14.8. The first-order valence-electron chi connectivity index (χ1n) is 8.52. The number of carbonyl (C=O) groups excluding carboxylic acids is 1. The van der Waals surface area contributed by atoms with Gasteiger partial charge in [-0.1, -0.05) is 19.8 Å². The third-order valence-corrected chi connectivity index (χ3v) is 3.73. The molecule has 0 aliphatic heterocycles. The molecule has 0 bridgehead atoms. The highest BCUT2D eigenvalue weighted by molar-refractivity contribution is 5.69. The summed E-state index contributed by atoms with van der Waals surface area (Å²) in [6.07, 6.45) is 4.24. The number of unbranched alkanes of at least 4 members (excludes halogenated alkanes) is 2. The maximum absolute atomic E-state index is 11.0. The fourth-order valence-corrected chi connectivity index (χ4v) is 2.21. The molecule has 0 saturated heterocycles. The number of nitrogens with one attached hydrogen (secondary N) is 1. The number of carbonyl (C=O) groups is 1. The van der Waals surface area contributed by atoms with Gasteiger partial charge in [0.1, 0.15) is 0 Å². The second kappa shape index (κ2) is 15.2. The molecule has 132 valence electrons. The van der Waals surface area contributed by atoms with E-state index in [1.807, 2.05) is 0 Å². The number of hydrogen-bond donors (Lipinski definition) is 2. The molecule has 0 amide bonds. The summed E-state index contributed by atoms with van der Waals surface area (Å²) < 4.78 is 4.60. The Morgan fingerprint density at radius 1 is 1.09 bits per heavy atom. The first kappa shape index (κ1) is 21.3. The number of nitrogens with two attached hydrogens (primary N) is 1. The number of ether oxygens (including phenoxy) is 1. The Hall–Kier alpha value is -0.690. The molecule has 0 radical (unpaired) electrons. The van der Waals surface area contributed by atoms with Gasteiger partial charge < -0.3 is 25.6 Å². The minimum absolute atomic E-state index is 0.162. The van der Waals surface area contributed by atoms with Crippen LogP contribution < -0.4 is 11.1 Å². The summed E-state index contributed by atoms with van der Waals surface area (Å²) in [5, 5.41) is 3.26. The lowest BCUT2D eigenvalue weighted by atomic mass is 10.2. The Morgan fingerprint density at radius 2 is 1.86 bits per heavy atom. The molecule has 6 heteroatoms. The van der Waals surface area contributed by atoms with Crippen LogP contribution in [0.4, 0.5) is 0 Å². The number of hydrogen-bond acceptors (Lipinski definition) is 6. The zero-order valence-electron chi connectivity index (χ0n) is 14.8. The SMILES string of the molecule is CCCCCN(CCN)CCN(C)CCNCCC(=O)OC. The van der Waals surface area contributed by atoms with E-state index in [9.17, 15) is 4.79 Å². The predicted molar refractivity (Wildman–Crippen MR) is 92.0 cm³/mol. The zero-order chi connectivity index (χ0) is 16.6. The molecule has 0 rings (SSSR count). The van der Waals surface area contributed by atoms with Crippen molar-refractivity contribution >= 4 is 5.97 Å². The van der Waals surface area contributed by atoms with Crippen LogP contribution in [0.25, 0.3) is 0 Å². The molecule has 0 heterocycles. The van der Waals surface area contributed by atoms with Crippen molar-refractivity contribution in [3.05, 3.63) is 0 Å². The highest BCUT2D eigenvalue weighted by Gasteiger charge is 2.06. The monoisotopic (exact) mass is 316 g/mol. The van der Waals surface area contributed by atoms with E-state index in [4.69, 9.17) is 5.73 Å². The van der Waals surface area contributed by atoms with Crippen LogP contribution in [-0.2, 0) is 9.53 Å². The van der Waals surface area contributed by atoms with E-state index in [2.05, 4.69) is 33.8 Å². The molecule has 0 aliphatic rings. The molecular weight excluding hydrogens is 280 g/mol. The molecule has 6 nitrogen and oxygen atoms in total. The lowest BCUT2D eigenvalue weighted by molar-refractivity contribution is -0.140. The highest BCUT2D eigenvalue weighted by Crippen LogP contribution is 1.98. The Kier molecular flexibility index (Phi) is 14.7. The van der Waals surface area contributed by atoms with E-state index in [-0.39, 0.29) is 5.97 Å². The molecule has 0 fully saturated rings. The molecule has 0 aromatic carbocycles. The summed E-state index contributed by atoms with van der Waals surface area (Å²) in [5.41, 5.74) is 5.69. The third kappa shape index (κ3) is 13.0. The van der Waals surface area contributed by atoms with Crippen LogP contribution in [0.1, 0.15) is 32.6 Å². The highest BCUT2D eigenvalue weighted by atomic mass is 16.5.